The number of hydrogen-bond donors (Lipinski definition) is 4. The Kier molecular flexibility index (Phi) is 5.81. The van der Waals surface area contributed by atoms with Crippen molar-refractivity contribution in [1.29, 1.82) is 0 Å². The molecule has 186 valence electrons. The number of nitrogens with zero attached hydrogens (tertiary/aromatic N) is 5. The Bertz CT molecular complexity index is 1200. The van der Waals surface area contributed by atoms with Crippen LogP contribution in [-0.2, 0) is 12.7 Å². The van der Waals surface area contributed by atoms with Crippen molar-refractivity contribution < 1.29 is 27.9 Å². The fourth-order valence-electron chi connectivity index (χ4n) is 4.82. The standard InChI is InChI=1S/C20H20ClF3N8O3/c21-15-9-32(27-16(15)18(33)34)19(35)31-7-12-5-30(6-13(12)8-31)4-11-2-1-10(17-25-28-29-26-17)3-14(11)20(22,23)24/h1-3,9,12-13,28-29H,4-8H2,(H,25,26)(H,33,34). The molecule has 2 aromatic rings. The number of halogens is 4. The second-order valence-electron chi connectivity index (χ2n) is 8.67. The highest BCUT2D eigenvalue weighted by molar-refractivity contribution is 6.33. The molecule has 2 saturated heterocycles. The number of benzene rings is 1. The van der Waals surface area contributed by atoms with E-state index in [9.17, 15) is 22.8 Å². The molecule has 15 heteroatoms. The van der Waals surface area contributed by atoms with Gasteiger partial charge in [-0.2, -0.15) is 23.0 Å². The molecule has 1 aromatic carbocycles. The zero-order valence-electron chi connectivity index (χ0n) is 18.0. The lowest BCUT2D eigenvalue weighted by molar-refractivity contribution is -0.138. The van der Waals surface area contributed by atoms with E-state index in [1.54, 1.807) is 11.0 Å². The molecular formula is C20H20ClF3N8O3. The number of hydrazone groups is 1. The van der Waals surface area contributed by atoms with Gasteiger partial charge in [0.25, 0.3) is 0 Å². The average Bonchev–Trinajstić information content (AvgIpc) is 3.56. The molecule has 0 spiro atoms. The third-order valence-corrected chi connectivity index (χ3v) is 6.66. The number of hydrogen-bond acceptors (Lipinski definition) is 8. The number of likely N-dealkylation sites (tertiary alicyclic amines) is 2. The number of carboxylic acid groups (broad SMARTS) is 1. The van der Waals surface area contributed by atoms with Crippen molar-refractivity contribution in [3.63, 3.8) is 0 Å². The number of nitrogens with one attached hydrogen (secondary N) is 3. The number of aromatic carboxylic acids is 1. The normalized spacial score (nSPS) is 22.1. The van der Waals surface area contributed by atoms with E-state index in [0.717, 1.165) is 16.9 Å². The van der Waals surface area contributed by atoms with Crippen LogP contribution in [0.1, 0.15) is 27.2 Å². The Balaban J connectivity index is 1.25. The van der Waals surface area contributed by atoms with Crippen molar-refractivity contribution in [3.05, 3.63) is 51.8 Å². The van der Waals surface area contributed by atoms with Crippen molar-refractivity contribution in [3.8, 4) is 0 Å². The van der Waals surface area contributed by atoms with Crippen LogP contribution >= 0.6 is 11.6 Å². The first-order chi connectivity index (χ1) is 16.6. The van der Waals surface area contributed by atoms with E-state index < -0.39 is 29.4 Å². The number of carbonyl (C=O) groups excluding carboxylic acids is 1. The van der Waals surface area contributed by atoms with Gasteiger partial charge in [-0.25, -0.2) is 15.1 Å². The molecule has 3 aliphatic rings. The molecule has 0 aliphatic carbocycles. The molecule has 2 unspecified atom stereocenters. The highest BCUT2D eigenvalue weighted by Gasteiger charge is 2.43. The van der Waals surface area contributed by atoms with Crippen LogP contribution in [0, 0.1) is 11.8 Å². The summed E-state index contributed by atoms with van der Waals surface area (Å²) in [5.74, 6) is -0.891. The van der Waals surface area contributed by atoms with Crippen LogP contribution in [0.25, 0.3) is 0 Å². The van der Waals surface area contributed by atoms with Crippen molar-refractivity contribution in [2.24, 2.45) is 16.9 Å². The number of rotatable bonds is 4. The van der Waals surface area contributed by atoms with E-state index in [1.807, 2.05) is 4.90 Å². The van der Waals surface area contributed by atoms with Gasteiger partial charge in [0.05, 0.1) is 16.8 Å². The Morgan fingerprint density at radius 1 is 1.17 bits per heavy atom. The smallest absolute Gasteiger partial charge is 0.416 e. The van der Waals surface area contributed by atoms with Crippen LogP contribution in [-0.4, -0.2) is 68.7 Å². The average molecular weight is 513 g/mol. The molecule has 1 aromatic heterocycles. The predicted molar refractivity (Wildman–Crippen MR) is 116 cm³/mol. The van der Waals surface area contributed by atoms with Crippen LogP contribution < -0.4 is 16.5 Å². The molecule has 0 saturated carbocycles. The third kappa shape index (κ3) is 4.51. The van der Waals surface area contributed by atoms with E-state index in [0.29, 0.717) is 31.7 Å². The van der Waals surface area contributed by atoms with Crippen molar-refractivity contribution in [2.45, 2.75) is 12.7 Å². The van der Waals surface area contributed by atoms with Gasteiger partial charge in [-0.15, -0.1) is 10.6 Å². The third-order valence-electron chi connectivity index (χ3n) is 6.39. The maximum atomic E-state index is 13.8. The lowest BCUT2D eigenvalue weighted by Gasteiger charge is -2.23. The first kappa shape index (κ1) is 23.4. The van der Waals surface area contributed by atoms with Crippen LogP contribution in [0.4, 0.5) is 18.0 Å². The molecular weight excluding hydrogens is 493 g/mol. The highest BCUT2D eigenvalue weighted by atomic mass is 35.5. The maximum Gasteiger partial charge on any atom is 0.416 e. The zero-order chi connectivity index (χ0) is 24.9. The van der Waals surface area contributed by atoms with E-state index in [-0.39, 0.29) is 34.8 Å². The molecule has 0 radical (unpaired) electrons. The Morgan fingerprint density at radius 3 is 2.46 bits per heavy atom. The van der Waals surface area contributed by atoms with Crippen molar-refractivity contribution in [2.75, 3.05) is 26.2 Å². The fourth-order valence-corrected chi connectivity index (χ4v) is 5.03. The number of fused-ring (bicyclic) bond motifs is 1. The van der Waals surface area contributed by atoms with Gasteiger partial charge < -0.3 is 10.0 Å². The molecule has 4 N–H and O–H groups in total. The summed E-state index contributed by atoms with van der Waals surface area (Å²) in [6.45, 7) is 2.00. The van der Waals surface area contributed by atoms with Gasteiger partial charge in [-0.1, -0.05) is 23.7 Å². The molecule has 3 aliphatic heterocycles. The summed E-state index contributed by atoms with van der Waals surface area (Å²) >= 11 is 5.84. The number of aromatic nitrogens is 2. The Morgan fingerprint density at radius 2 is 1.89 bits per heavy atom. The first-order valence-electron chi connectivity index (χ1n) is 10.6. The lowest BCUT2D eigenvalue weighted by Crippen LogP contribution is -2.36. The minimum atomic E-state index is -4.52. The van der Waals surface area contributed by atoms with Crippen LogP contribution in [0.2, 0.25) is 5.02 Å². The first-order valence-corrected chi connectivity index (χ1v) is 11.0. The van der Waals surface area contributed by atoms with Gasteiger partial charge in [0, 0.05) is 38.3 Å². The number of carbonyl (C=O) groups is 2. The van der Waals surface area contributed by atoms with E-state index in [1.165, 1.54) is 6.07 Å². The van der Waals surface area contributed by atoms with Gasteiger partial charge >= 0.3 is 18.2 Å². The highest BCUT2D eigenvalue weighted by Crippen LogP contribution is 2.36. The summed E-state index contributed by atoms with van der Waals surface area (Å²) in [5.41, 5.74) is 6.92. The van der Waals surface area contributed by atoms with Crippen LogP contribution in [0.15, 0.2) is 29.5 Å². The lowest BCUT2D eigenvalue weighted by atomic mass is 10.0. The maximum absolute atomic E-state index is 13.8. The molecule has 1 amide bonds. The summed E-state index contributed by atoms with van der Waals surface area (Å²) < 4.78 is 42.3. The Hall–Kier alpha value is -3.36. The fraction of sp³-hybridized carbons (Fsp3) is 0.400. The van der Waals surface area contributed by atoms with Crippen LogP contribution in [0.3, 0.4) is 0 Å². The molecule has 0 bridgehead atoms. The van der Waals surface area contributed by atoms with Crippen molar-refractivity contribution >= 4 is 29.4 Å². The summed E-state index contributed by atoms with van der Waals surface area (Å²) in [5, 5.41) is 16.5. The summed E-state index contributed by atoms with van der Waals surface area (Å²) in [6, 6.07) is 3.64. The topological polar surface area (TPSA) is 127 Å². The SMILES string of the molecule is O=C(O)c1nn(C(=O)N2CC3CN(Cc4ccc(C5=NNNN5)cc4C(F)(F)F)CC3C2)cc1Cl. The monoisotopic (exact) mass is 512 g/mol. The number of alkyl halides is 3. The van der Waals surface area contributed by atoms with E-state index in [4.69, 9.17) is 16.7 Å². The van der Waals surface area contributed by atoms with E-state index in [2.05, 4.69) is 26.7 Å². The summed E-state index contributed by atoms with van der Waals surface area (Å²) in [4.78, 5) is 27.4. The second-order valence-corrected chi connectivity index (χ2v) is 9.08. The van der Waals surface area contributed by atoms with Gasteiger partial charge in [0.1, 0.15) is 0 Å². The van der Waals surface area contributed by atoms with E-state index >= 15 is 0 Å². The van der Waals surface area contributed by atoms with Crippen LogP contribution in [0.5, 0.6) is 0 Å². The quantitative estimate of drug-likeness (QED) is 0.486. The summed E-state index contributed by atoms with van der Waals surface area (Å²) in [6.07, 6.45) is -3.36. The number of hydrazine groups is 2. The minimum absolute atomic E-state index is 0.0896. The minimum Gasteiger partial charge on any atom is -0.476 e. The van der Waals surface area contributed by atoms with Crippen molar-refractivity contribution in [1.82, 2.24) is 36.1 Å². The second kappa shape index (κ2) is 8.70. The molecule has 5 rings (SSSR count). The molecule has 2 atom stereocenters. The number of amidine groups is 1. The van der Waals surface area contributed by atoms with Gasteiger partial charge in [-0.3, -0.25) is 10.3 Å². The molecule has 2 fully saturated rings. The zero-order valence-corrected chi connectivity index (χ0v) is 18.8. The number of amides is 1. The molecule has 35 heavy (non-hydrogen) atoms. The number of carboxylic acids is 1. The summed E-state index contributed by atoms with van der Waals surface area (Å²) in [7, 11) is 0. The van der Waals surface area contributed by atoms with Gasteiger partial charge in [-0.05, 0) is 23.5 Å². The largest absolute Gasteiger partial charge is 0.476 e. The molecule has 4 heterocycles. The molecule has 11 nitrogen and oxygen atoms in total. The Labute approximate surface area is 201 Å². The van der Waals surface area contributed by atoms with Gasteiger partial charge in [0.2, 0.25) is 0 Å². The van der Waals surface area contributed by atoms with Gasteiger partial charge in [0.15, 0.2) is 11.5 Å². The predicted octanol–water partition coefficient (Wildman–Crippen LogP) is 1.56.